The van der Waals surface area contributed by atoms with Gasteiger partial charge in [-0.1, -0.05) is 35.3 Å². The Morgan fingerprint density at radius 3 is 2.64 bits per heavy atom. The molecule has 0 atom stereocenters. The highest BCUT2D eigenvalue weighted by Gasteiger charge is 2.18. The van der Waals surface area contributed by atoms with E-state index in [1.54, 1.807) is 6.20 Å². The second-order valence-corrected chi connectivity index (χ2v) is 8.00. The van der Waals surface area contributed by atoms with Crippen molar-refractivity contribution in [2.75, 3.05) is 32.8 Å². The third-order valence-corrected chi connectivity index (χ3v) is 6.14. The Balaban J connectivity index is 1.37. The molecule has 5 nitrogen and oxygen atoms in total. The molecule has 1 saturated heterocycles. The van der Waals surface area contributed by atoms with Crippen LogP contribution in [-0.4, -0.2) is 53.1 Å². The summed E-state index contributed by atoms with van der Waals surface area (Å²) in [7, 11) is 0. The number of rotatable bonds is 6. The molecule has 4 rings (SSSR count). The summed E-state index contributed by atoms with van der Waals surface area (Å²) in [6.07, 6.45) is 3.81. The predicted octanol–water partition coefficient (Wildman–Crippen LogP) is 4.62. The molecule has 1 aromatic heterocycles. The number of hydrogen-bond donors (Lipinski definition) is 2. The fourth-order valence-corrected chi connectivity index (χ4v) is 4.22. The number of aliphatic hydroxyl groups excluding tert-OH is 1. The average molecular weight is 420 g/mol. The van der Waals surface area contributed by atoms with Crippen molar-refractivity contribution in [3.8, 4) is 16.9 Å². The number of halogens is 2. The topological polar surface area (TPSA) is 61.4 Å². The van der Waals surface area contributed by atoms with E-state index in [1.165, 1.54) is 0 Å². The van der Waals surface area contributed by atoms with Gasteiger partial charge < -0.3 is 9.84 Å². The lowest BCUT2D eigenvalue weighted by atomic mass is 9.98. The number of H-pyrrole nitrogens is 1. The number of nitrogens with zero attached hydrogens (tertiary/aromatic N) is 2. The van der Waals surface area contributed by atoms with Gasteiger partial charge in [0, 0.05) is 24.1 Å². The van der Waals surface area contributed by atoms with Crippen LogP contribution in [0.4, 0.5) is 0 Å². The number of hydrogen-bond acceptors (Lipinski definition) is 4. The zero-order valence-corrected chi connectivity index (χ0v) is 17.0. The van der Waals surface area contributed by atoms with Crippen LogP contribution < -0.4 is 4.74 Å². The van der Waals surface area contributed by atoms with E-state index in [1.807, 2.05) is 30.3 Å². The van der Waals surface area contributed by atoms with Crippen molar-refractivity contribution in [2.45, 2.75) is 12.8 Å². The molecule has 0 spiro atoms. The Morgan fingerprint density at radius 2 is 1.93 bits per heavy atom. The van der Waals surface area contributed by atoms with E-state index in [0.717, 1.165) is 60.3 Å². The van der Waals surface area contributed by atoms with Gasteiger partial charge in [0.05, 0.1) is 21.8 Å². The summed E-state index contributed by atoms with van der Waals surface area (Å²) in [5.41, 5.74) is 2.58. The van der Waals surface area contributed by atoms with Crippen molar-refractivity contribution in [2.24, 2.45) is 5.92 Å². The van der Waals surface area contributed by atoms with Gasteiger partial charge in [-0.3, -0.25) is 10.00 Å². The first-order valence-electron chi connectivity index (χ1n) is 9.53. The third-order valence-electron chi connectivity index (χ3n) is 5.43. The van der Waals surface area contributed by atoms with Crippen molar-refractivity contribution >= 4 is 34.1 Å². The van der Waals surface area contributed by atoms with Crippen LogP contribution in [0.15, 0.2) is 36.5 Å². The lowest BCUT2D eigenvalue weighted by Crippen LogP contribution is -2.37. The van der Waals surface area contributed by atoms with Crippen molar-refractivity contribution in [1.29, 1.82) is 0 Å². The Bertz CT molecular complexity index is 935. The van der Waals surface area contributed by atoms with Crippen LogP contribution in [0, 0.1) is 5.92 Å². The highest BCUT2D eigenvalue weighted by molar-refractivity contribution is 6.42. The first-order valence-corrected chi connectivity index (χ1v) is 10.3. The lowest BCUT2D eigenvalue weighted by molar-refractivity contribution is 0.119. The zero-order chi connectivity index (χ0) is 19.5. The first-order chi connectivity index (χ1) is 13.7. The summed E-state index contributed by atoms with van der Waals surface area (Å²) >= 11 is 12.9. The maximum absolute atomic E-state index is 9.22. The summed E-state index contributed by atoms with van der Waals surface area (Å²) in [6.45, 7) is 3.92. The molecule has 0 bridgehead atoms. The highest BCUT2D eigenvalue weighted by atomic mass is 35.5. The lowest BCUT2D eigenvalue weighted by Gasteiger charge is -2.30. The smallest absolute Gasteiger partial charge is 0.119 e. The van der Waals surface area contributed by atoms with Crippen LogP contribution in [0.2, 0.25) is 10.0 Å². The molecule has 3 aromatic rings. The van der Waals surface area contributed by atoms with E-state index in [2.05, 4.69) is 15.1 Å². The van der Waals surface area contributed by atoms with Crippen LogP contribution in [-0.2, 0) is 0 Å². The Morgan fingerprint density at radius 1 is 1.18 bits per heavy atom. The molecule has 1 aliphatic heterocycles. The molecule has 28 heavy (non-hydrogen) atoms. The highest BCUT2D eigenvalue weighted by Crippen LogP contribution is 2.37. The van der Waals surface area contributed by atoms with E-state index in [0.29, 0.717) is 29.2 Å². The molecule has 1 fully saturated rings. The molecule has 2 heterocycles. The molecule has 0 aliphatic carbocycles. The maximum Gasteiger partial charge on any atom is 0.119 e. The normalized spacial score (nSPS) is 16.0. The van der Waals surface area contributed by atoms with Gasteiger partial charge in [-0.2, -0.15) is 5.10 Å². The molecule has 0 amide bonds. The fraction of sp³-hybridized carbons (Fsp3) is 0.381. The summed E-state index contributed by atoms with van der Waals surface area (Å²) in [6, 6.07) is 9.75. The molecule has 0 unspecified atom stereocenters. The van der Waals surface area contributed by atoms with Gasteiger partial charge in [-0.05, 0) is 55.6 Å². The van der Waals surface area contributed by atoms with Crippen LogP contribution >= 0.6 is 23.2 Å². The molecule has 2 aromatic carbocycles. The quantitative estimate of drug-likeness (QED) is 0.611. The van der Waals surface area contributed by atoms with Crippen LogP contribution in [0.3, 0.4) is 0 Å². The van der Waals surface area contributed by atoms with Gasteiger partial charge in [0.1, 0.15) is 12.4 Å². The monoisotopic (exact) mass is 419 g/mol. The SMILES string of the molecule is OCC1CCN(CCOc2ccc(-c3cc(Cl)c4cn[nH]c4c3Cl)cc2)CC1. The number of aromatic nitrogens is 2. The minimum atomic E-state index is 0.305. The number of fused-ring (bicyclic) bond motifs is 1. The molecular formula is C21H23Cl2N3O2. The van der Waals surface area contributed by atoms with Gasteiger partial charge in [-0.15, -0.1) is 0 Å². The van der Waals surface area contributed by atoms with Gasteiger partial charge in [0.25, 0.3) is 0 Å². The van der Waals surface area contributed by atoms with Gasteiger partial charge in [-0.25, -0.2) is 0 Å². The second-order valence-electron chi connectivity index (χ2n) is 7.22. The summed E-state index contributed by atoms with van der Waals surface area (Å²) in [4.78, 5) is 2.39. The minimum Gasteiger partial charge on any atom is -0.492 e. The summed E-state index contributed by atoms with van der Waals surface area (Å²) in [5.74, 6) is 1.30. The number of likely N-dealkylation sites (tertiary alicyclic amines) is 1. The third kappa shape index (κ3) is 4.13. The number of ether oxygens (including phenoxy) is 1. The van der Waals surface area contributed by atoms with Crippen molar-refractivity contribution < 1.29 is 9.84 Å². The van der Waals surface area contributed by atoms with E-state index in [-0.39, 0.29) is 0 Å². The second kappa shape index (κ2) is 8.70. The molecule has 1 aliphatic rings. The van der Waals surface area contributed by atoms with Crippen molar-refractivity contribution in [3.05, 3.63) is 46.6 Å². The maximum atomic E-state index is 9.22. The van der Waals surface area contributed by atoms with E-state index < -0.39 is 0 Å². The molecule has 0 radical (unpaired) electrons. The Hall–Kier alpha value is -1.79. The van der Waals surface area contributed by atoms with Crippen molar-refractivity contribution in [3.63, 3.8) is 0 Å². The molecule has 2 N–H and O–H groups in total. The summed E-state index contributed by atoms with van der Waals surface area (Å²) in [5, 5.41) is 18.2. The first kappa shape index (κ1) is 19.5. The van der Waals surface area contributed by atoms with Crippen LogP contribution in [0.5, 0.6) is 5.75 Å². The molecule has 7 heteroatoms. The Labute approximate surface area is 174 Å². The number of aromatic amines is 1. The van der Waals surface area contributed by atoms with E-state index >= 15 is 0 Å². The number of nitrogens with one attached hydrogen (secondary N) is 1. The average Bonchev–Trinajstić information content (AvgIpc) is 3.23. The Kier molecular flexibility index (Phi) is 6.07. The van der Waals surface area contributed by atoms with Gasteiger partial charge in [0.15, 0.2) is 0 Å². The number of piperidine rings is 1. The number of aliphatic hydroxyl groups is 1. The molecule has 0 saturated carbocycles. The largest absolute Gasteiger partial charge is 0.492 e. The standard InChI is InChI=1S/C21H23Cl2N3O2/c22-19-11-17(20(23)21-18(19)12-24-25-21)15-1-3-16(4-2-15)28-10-9-26-7-5-14(13-27)6-8-26/h1-4,11-12,14,27H,5-10,13H2,(H,24,25). The molecular weight excluding hydrogens is 397 g/mol. The molecule has 148 valence electrons. The van der Waals surface area contributed by atoms with Crippen molar-refractivity contribution in [1.82, 2.24) is 15.1 Å². The van der Waals surface area contributed by atoms with Crippen LogP contribution in [0.1, 0.15) is 12.8 Å². The predicted molar refractivity (Wildman–Crippen MR) is 113 cm³/mol. The zero-order valence-electron chi connectivity index (χ0n) is 15.5. The summed E-state index contributed by atoms with van der Waals surface area (Å²) < 4.78 is 5.90. The van der Waals surface area contributed by atoms with Gasteiger partial charge in [0.2, 0.25) is 0 Å². The van der Waals surface area contributed by atoms with Crippen LogP contribution in [0.25, 0.3) is 22.0 Å². The fourth-order valence-electron chi connectivity index (χ4n) is 3.66. The van der Waals surface area contributed by atoms with E-state index in [4.69, 9.17) is 27.9 Å². The van der Waals surface area contributed by atoms with E-state index in [9.17, 15) is 5.11 Å². The minimum absolute atomic E-state index is 0.305. The number of benzene rings is 2. The van der Waals surface area contributed by atoms with Gasteiger partial charge >= 0.3 is 0 Å².